The Morgan fingerprint density at radius 3 is 2.72 bits per heavy atom. The number of hydrogen-bond donors (Lipinski definition) is 1. The van der Waals surface area contributed by atoms with E-state index in [-0.39, 0.29) is 31.9 Å². The van der Waals surface area contributed by atoms with E-state index < -0.39 is 11.5 Å². The zero-order valence-corrected chi connectivity index (χ0v) is 15.0. The van der Waals surface area contributed by atoms with Gasteiger partial charge in [0.25, 0.3) is 0 Å². The van der Waals surface area contributed by atoms with Crippen LogP contribution in [0.25, 0.3) is 0 Å². The van der Waals surface area contributed by atoms with Crippen LogP contribution in [-0.4, -0.2) is 62.3 Å². The number of hydrogen-bond acceptors (Lipinski definition) is 5. The Labute approximate surface area is 152 Å². The van der Waals surface area contributed by atoms with Crippen molar-refractivity contribution >= 4 is 23.4 Å². The van der Waals surface area contributed by atoms with Crippen LogP contribution in [-0.2, 0) is 19.1 Å². The van der Waals surface area contributed by atoms with E-state index >= 15 is 0 Å². The van der Waals surface area contributed by atoms with Crippen LogP contribution in [0.2, 0.25) is 5.02 Å². The maximum Gasteiger partial charge on any atom is 0.225 e. The molecular weight excluding hydrogens is 348 g/mol. The van der Waals surface area contributed by atoms with Gasteiger partial charge in [-0.05, 0) is 24.3 Å². The average Bonchev–Trinajstić information content (AvgIpc) is 2.59. The molecule has 0 aromatic heterocycles. The van der Waals surface area contributed by atoms with Crippen molar-refractivity contribution in [3.8, 4) is 5.75 Å². The van der Waals surface area contributed by atoms with Gasteiger partial charge >= 0.3 is 0 Å². The Kier molecular flexibility index (Phi) is 7.04. The van der Waals surface area contributed by atoms with E-state index in [1.165, 1.54) is 0 Å². The molecular formula is C17H23ClN2O5. The standard InChI is InChI=1S/C17H23ClN2O5/c1-23-8-6-16(22)20-7-9-25-17(11-20,10-15(19)21)12-24-14-4-2-13(18)3-5-14/h2-5H,6-12H2,1H3,(H2,19,21)/t17-/m1/s1. The summed E-state index contributed by atoms with van der Waals surface area (Å²) in [5.41, 5.74) is 4.42. The molecule has 8 heteroatoms. The number of primary amides is 1. The minimum atomic E-state index is -0.966. The molecule has 0 spiro atoms. The monoisotopic (exact) mass is 370 g/mol. The first-order chi connectivity index (χ1) is 11.9. The lowest BCUT2D eigenvalue weighted by molar-refractivity contribution is -0.162. The third-order valence-electron chi connectivity index (χ3n) is 3.93. The van der Waals surface area contributed by atoms with E-state index in [4.69, 9.17) is 31.5 Å². The molecule has 25 heavy (non-hydrogen) atoms. The molecule has 2 rings (SSSR count). The fraction of sp³-hybridized carbons (Fsp3) is 0.529. The number of halogens is 1. The lowest BCUT2D eigenvalue weighted by Crippen LogP contribution is -2.58. The van der Waals surface area contributed by atoms with Crippen molar-refractivity contribution in [2.24, 2.45) is 5.73 Å². The molecule has 2 N–H and O–H groups in total. The highest BCUT2D eigenvalue weighted by atomic mass is 35.5. The van der Waals surface area contributed by atoms with Crippen molar-refractivity contribution in [3.63, 3.8) is 0 Å². The van der Waals surface area contributed by atoms with Crippen molar-refractivity contribution in [1.82, 2.24) is 4.90 Å². The first kappa shape index (κ1) is 19.5. The number of ether oxygens (including phenoxy) is 3. The van der Waals surface area contributed by atoms with Crippen LogP contribution < -0.4 is 10.5 Å². The Balaban J connectivity index is 2.06. The zero-order chi connectivity index (χ0) is 18.3. The van der Waals surface area contributed by atoms with E-state index in [1.807, 2.05) is 0 Å². The normalized spacial score (nSPS) is 20.3. The summed E-state index contributed by atoms with van der Waals surface area (Å²) >= 11 is 5.86. The number of nitrogens with zero attached hydrogens (tertiary/aromatic N) is 1. The zero-order valence-electron chi connectivity index (χ0n) is 14.2. The number of carbonyl (C=O) groups excluding carboxylic acids is 2. The van der Waals surface area contributed by atoms with Crippen LogP contribution in [0.3, 0.4) is 0 Å². The first-order valence-corrected chi connectivity index (χ1v) is 8.39. The number of methoxy groups -OCH3 is 1. The van der Waals surface area contributed by atoms with Gasteiger partial charge in [-0.25, -0.2) is 0 Å². The summed E-state index contributed by atoms with van der Waals surface area (Å²) in [4.78, 5) is 25.4. The van der Waals surface area contributed by atoms with Crippen LogP contribution in [0.5, 0.6) is 5.75 Å². The van der Waals surface area contributed by atoms with Gasteiger partial charge in [-0.15, -0.1) is 0 Å². The Hall–Kier alpha value is -1.83. The highest BCUT2D eigenvalue weighted by Gasteiger charge is 2.40. The predicted octanol–water partition coefficient (Wildman–Crippen LogP) is 1.23. The number of morpholine rings is 1. The van der Waals surface area contributed by atoms with Crippen LogP contribution in [0.15, 0.2) is 24.3 Å². The second-order valence-corrected chi connectivity index (χ2v) is 6.41. The molecule has 1 saturated heterocycles. The maximum atomic E-state index is 12.3. The van der Waals surface area contributed by atoms with Gasteiger partial charge in [-0.2, -0.15) is 0 Å². The summed E-state index contributed by atoms with van der Waals surface area (Å²) in [5, 5.41) is 0.600. The molecule has 0 unspecified atom stereocenters. The molecule has 1 atom stereocenters. The van der Waals surface area contributed by atoms with Gasteiger partial charge in [0.1, 0.15) is 18.0 Å². The summed E-state index contributed by atoms with van der Waals surface area (Å²) in [6, 6.07) is 6.87. The summed E-state index contributed by atoms with van der Waals surface area (Å²) < 4.78 is 16.5. The molecule has 1 fully saturated rings. The van der Waals surface area contributed by atoms with Crippen LogP contribution in [0, 0.1) is 0 Å². The summed E-state index contributed by atoms with van der Waals surface area (Å²) in [5.74, 6) is 0.0380. The van der Waals surface area contributed by atoms with E-state index in [0.717, 1.165) is 0 Å². The van der Waals surface area contributed by atoms with Gasteiger partial charge in [0.05, 0.1) is 32.6 Å². The van der Waals surface area contributed by atoms with E-state index in [9.17, 15) is 9.59 Å². The third-order valence-corrected chi connectivity index (χ3v) is 4.19. The van der Waals surface area contributed by atoms with Crippen molar-refractivity contribution in [3.05, 3.63) is 29.3 Å². The van der Waals surface area contributed by atoms with Gasteiger partial charge in [-0.1, -0.05) is 11.6 Å². The fourth-order valence-corrected chi connectivity index (χ4v) is 2.84. The van der Waals surface area contributed by atoms with Gasteiger partial charge < -0.3 is 24.8 Å². The lowest BCUT2D eigenvalue weighted by Gasteiger charge is -2.42. The minimum Gasteiger partial charge on any atom is -0.490 e. The molecule has 0 bridgehead atoms. The molecule has 0 radical (unpaired) electrons. The van der Waals surface area contributed by atoms with Crippen LogP contribution in [0.1, 0.15) is 12.8 Å². The maximum absolute atomic E-state index is 12.3. The Bertz CT molecular complexity index is 595. The largest absolute Gasteiger partial charge is 0.490 e. The second-order valence-electron chi connectivity index (χ2n) is 5.98. The van der Waals surface area contributed by atoms with Crippen molar-refractivity contribution in [1.29, 1.82) is 0 Å². The lowest BCUT2D eigenvalue weighted by atomic mass is 9.97. The number of carbonyl (C=O) groups is 2. The molecule has 0 aliphatic carbocycles. The molecule has 1 aromatic rings. The van der Waals surface area contributed by atoms with E-state index in [0.29, 0.717) is 30.5 Å². The quantitative estimate of drug-likeness (QED) is 0.743. The Morgan fingerprint density at radius 1 is 1.36 bits per heavy atom. The second kappa shape index (κ2) is 9.03. The molecule has 1 aliphatic heterocycles. The molecule has 7 nitrogen and oxygen atoms in total. The van der Waals surface area contributed by atoms with Crippen LogP contribution >= 0.6 is 11.6 Å². The Morgan fingerprint density at radius 2 is 2.08 bits per heavy atom. The number of nitrogens with two attached hydrogens (primary N) is 1. The van der Waals surface area contributed by atoms with Gasteiger partial charge in [0.15, 0.2) is 0 Å². The molecule has 0 saturated carbocycles. The minimum absolute atomic E-state index is 0.0331. The molecule has 1 aromatic carbocycles. The highest BCUT2D eigenvalue weighted by molar-refractivity contribution is 6.30. The van der Waals surface area contributed by atoms with E-state index in [1.54, 1.807) is 36.3 Å². The van der Waals surface area contributed by atoms with Crippen molar-refractivity contribution < 1.29 is 23.8 Å². The van der Waals surface area contributed by atoms with Crippen molar-refractivity contribution in [2.45, 2.75) is 18.4 Å². The van der Waals surface area contributed by atoms with Crippen LogP contribution in [0.4, 0.5) is 0 Å². The third kappa shape index (κ3) is 5.88. The first-order valence-electron chi connectivity index (χ1n) is 8.01. The SMILES string of the molecule is COCCC(=O)N1CCO[C@](COc2ccc(Cl)cc2)(CC(N)=O)C1. The molecule has 1 heterocycles. The van der Waals surface area contributed by atoms with E-state index in [2.05, 4.69) is 0 Å². The topological polar surface area (TPSA) is 91.1 Å². The van der Waals surface area contributed by atoms with Gasteiger partial charge in [0.2, 0.25) is 11.8 Å². The predicted molar refractivity (Wildman–Crippen MR) is 92.5 cm³/mol. The summed E-state index contributed by atoms with van der Waals surface area (Å²) in [6.07, 6.45) is 0.246. The number of amides is 2. The summed E-state index contributed by atoms with van der Waals surface area (Å²) in [7, 11) is 1.55. The average molecular weight is 371 g/mol. The number of benzene rings is 1. The van der Waals surface area contributed by atoms with Gasteiger partial charge in [0, 0.05) is 18.7 Å². The van der Waals surface area contributed by atoms with Crippen molar-refractivity contribution in [2.75, 3.05) is 40.0 Å². The molecule has 138 valence electrons. The molecule has 1 aliphatic rings. The fourth-order valence-electron chi connectivity index (χ4n) is 2.71. The molecule has 2 amide bonds. The highest BCUT2D eigenvalue weighted by Crippen LogP contribution is 2.25. The van der Waals surface area contributed by atoms with Gasteiger partial charge in [-0.3, -0.25) is 9.59 Å². The number of rotatable bonds is 8. The summed E-state index contributed by atoms with van der Waals surface area (Å²) in [6.45, 7) is 1.47. The smallest absolute Gasteiger partial charge is 0.225 e.